The van der Waals surface area contributed by atoms with Gasteiger partial charge in [-0.1, -0.05) is 23.7 Å². The van der Waals surface area contributed by atoms with Crippen molar-refractivity contribution >= 4 is 40.6 Å². The Kier molecular flexibility index (Phi) is 7.87. The van der Waals surface area contributed by atoms with Gasteiger partial charge in [-0.25, -0.2) is 14.8 Å². The van der Waals surface area contributed by atoms with Crippen molar-refractivity contribution in [1.29, 1.82) is 0 Å². The Morgan fingerprint density at radius 3 is 2.75 bits per heavy atom. The maximum absolute atomic E-state index is 12.4. The molecule has 13 heteroatoms. The van der Waals surface area contributed by atoms with E-state index < -0.39 is 6.09 Å². The van der Waals surface area contributed by atoms with Crippen molar-refractivity contribution in [2.75, 3.05) is 31.5 Å². The molecule has 4 aromatic rings. The molecule has 0 saturated carbocycles. The van der Waals surface area contributed by atoms with Crippen molar-refractivity contribution < 1.29 is 19.4 Å². The summed E-state index contributed by atoms with van der Waals surface area (Å²) in [5, 5.41) is 15.2. The second-order valence-corrected chi connectivity index (χ2v) is 9.65. The Morgan fingerprint density at radius 2 is 2.00 bits per heavy atom. The molecule has 3 aromatic heterocycles. The predicted molar refractivity (Wildman–Crippen MR) is 149 cm³/mol. The minimum absolute atomic E-state index is 0.293. The number of anilines is 1. The quantitative estimate of drug-likeness (QED) is 0.289. The number of aromatic nitrogens is 5. The second-order valence-electron chi connectivity index (χ2n) is 9.25. The van der Waals surface area contributed by atoms with Crippen LogP contribution in [0.1, 0.15) is 19.0 Å². The van der Waals surface area contributed by atoms with Gasteiger partial charge in [-0.05, 0) is 26.0 Å². The van der Waals surface area contributed by atoms with Crippen molar-refractivity contribution in [2.24, 2.45) is 0 Å². The highest BCUT2D eigenvalue weighted by Gasteiger charge is 2.29. The molecule has 1 aliphatic heterocycles. The molecule has 4 heterocycles. The van der Waals surface area contributed by atoms with Gasteiger partial charge in [0, 0.05) is 59.0 Å². The molecule has 3 N–H and O–H groups in total. The normalized spacial score (nSPS) is 14.8. The van der Waals surface area contributed by atoms with Gasteiger partial charge in [0.15, 0.2) is 5.65 Å². The van der Waals surface area contributed by atoms with Gasteiger partial charge < -0.3 is 25.4 Å². The van der Waals surface area contributed by atoms with E-state index in [4.69, 9.17) is 26.4 Å². The number of hydrogen-bond donors (Lipinski definition) is 3. The minimum Gasteiger partial charge on any atom is -0.472 e. The molecule has 1 unspecified atom stereocenters. The lowest BCUT2D eigenvalue weighted by Crippen LogP contribution is -2.39. The first-order valence-electron chi connectivity index (χ1n) is 12.7. The standard InChI is InChI=1S/C27H27ClN8O4/c1-3-30-26-31-11-17-8-20(19-5-4-16(9-21(19)28)22-12-29-10-15(2)33-22)25(34-24(17)35-26)40-18-6-7-36(14-18)23(37)13-32-27(38)39/h4-5,8-12,18,32H,3,6-7,13-14H2,1-2H3,(H,38,39)(H,30,31,34,35). The molecule has 1 aliphatic rings. The van der Waals surface area contributed by atoms with Crippen molar-refractivity contribution in [2.45, 2.75) is 26.4 Å². The molecule has 1 fully saturated rings. The van der Waals surface area contributed by atoms with E-state index in [1.807, 2.05) is 38.1 Å². The van der Waals surface area contributed by atoms with E-state index in [-0.39, 0.29) is 18.6 Å². The third-order valence-corrected chi connectivity index (χ3v) is 6.66. The van der Waals surface area contributed by atoms with Crippen LogP contribution in [0.2, 0.25) is 5.02 Å². The highest BCUT2D eigenvalue weighted by Crippen LogP contribution is 2.38. The predicted octanol–water partition coefficient (Wildman–Crippen LogP) is 3.79. The van der Waals surface area contributed by atoms with Gasteiger partial charge in [-0.15, -0.1) is 0 Å². The van der Waals surface area contributed by atoms with Gasteiger partial charge in [0.1, 0.15) is 12.6 Å². The van der Waals surface area contributed by atoms with E-state index in [1.54, 1.807) is 23.5 Å². The average Bonchev–Trinajstić information content (AvgIpc) is 3.40. The molecule has 0 radical (unpaired) electrons. The van der Waals surface area contributed by atoms with E-state index in [2.05, 4.69) is 30.6 Å². The molecule has 2 amide bonds. The van der Waals surface area contributed by atoms with Gasteiger partial charge >= 0.3 is 6.09 Å². The fourth-order valence-corrected chi connectivity index (χ4v) is 4.72. The topological polar surface area (TPSA) is 155 Å². The highest BCUT2D eigenvalue weighted by molar-refractivity contribution is 6.33. The molecule has 40 heavy (non-hydrogen) atoms. The smallest absolute Gasteiger partial charge is 0.405 e. The number of amides is 2. The molecule has 0 aliphatic carbocycles. The molecule has 5 rings (SSSR count). The summed E-state index contributed by atoms with van der Waals surface area (Å²) < 4.78 is 6.36. The van der Waals surface area contributed by atoms with E-state index in [1.165, 1.54) is 0 Å². The molecule has 1 aromatic carbocycles. The summed E-state index contributed by atoms with van der Waals surface area (Å²) in [4.78, 5) is 47.1. The maximum atomic E-state index is 12.4. The lowest BCUT2D eigenvalue weighted by molar-refractivity contribution is -0.129. The number of aryl methyl sites for hydroxylation is 1. The molecule has 0 bridgehead atoms. The number of halogens is 1. The number of likely N-dealkylation sites (tertiary alicyclic amines) is 1. The minimum atomic E-state index is -1.25. The Balaban J connectivity index is 1.48. The summed E-state index contributed by atoms with van der Waals surface area (Å²) in [7, 11) is 0. The molecule has 0 spiro atoms. The zero-order valence-electron chi connectivity index (χ0n) is 21.9. The summed E-state index contributed by atoms with van der Waals surface area (Å²) in [6.45, 7) is 4.92. The number of fused-ring (bicyclic) bond motifs is 1. The number of carbonyl (C=O) groups is 2. The van der Waals surface area contributed by atoms with E-state index >= 15 is 0 Å². The second kappa shape index (κ2) is 11.7. The van der Waals surface area contributed by atoms with Gasteiger partial charge in [0.2, 0.25) is 17.7 Å². The zero-order chi connectivity index (χ0) is 28.2. The van der Waals surface area contributed by atoms with Gasteiger partial charge in [0.25, 0.3) is 0 Å². The van der Waals surface area contributed by atoms with Crippen molar-refractivity contribution in [3.05, 3.63) is 53.6 Å². The lowest BCUT2D eigenvalue weighted by atomic mass is 10.0. The van der Waals surface area contributed by atoms with Gasteiger partial charge in [0.05, 0.1) is 24.1 Å². The molecule has 206 valence electrons. The van der Waals surface area contributed by atoms with Crippen molar-refractivity contribution in [3.8, 4) is 28.3 Å². The number of hydrogen-bond acceptors (Lipinski definition) is 9. The van der Waals surface area contributed by atoms with Gasteiger partial charge in [-0.2, -0.15) is 9.97 Å². The fourth-order valence-electron chi connectivity index (χ4n) is 4.44. The third kappa shape index (κ3) is 6.01. The lowest BCUT2D eigenvalue weighted by Gasteiger charge is -2.19. The van der Waals surface area contributed by atoms with Crippen LogP contribution in [0, 0.1) is 6.92 Å². The number of benzene rings is 1. The Morgan fingerprint density at radius 1 is 1.15 bits per heavy atom. The first kappa shape index (κ1) is 27.0. The number of nitrogens with one attached hydrogen (secondary N) is 2. The first-order chi connectivity index (χ1) is 19.3. The number of carboxylic acid groups (broad SMARTS) is 1. The highest BCUT2D eigenvalue weighted by atomic mass is 35.5. The molecule has 1 atom stereocenters. The SMILES string of the molecule is CCNc1ncc2cc(-c3ccc(-c4cncc(C)n4)cc3Cl)c(OC3CCN(C(=O)CNC(=O)O)C3)nc2n1. The largest absolute Gasteiger partial charge is 0.472 e. The van der Waals surface area contributed by atoms with E-state index in [9.17, 15) is 9.59 Å². The molecular weight excluding hydrogens is 536 g/mol. The van der Waals surface area contributed by atoms with Gasteiger partial charge in [-0.3, -0.25) is 9.78 Å². The first-order valence-corrected chi connectivity index (χ1v) is 13.1. The summed E-state index contributed by atoms with van der Waals surface area (Å²) in [5.41, 5.74) is 4.12. The van der Waals surface area contributed by atoms with Crippen LogP contribution in [0.5, 0.6) is 5.88 Å². The molecular formula is C27H27ClN8O4. The Labute approximate surface area is 234 Å². The summed E-state index contributed by atoms with van der Waals surface area (Å²) in [5.74, 6) is 0.453. The average molecular weight is 563 g/mol. The van der Waals surface area contributed by atoms with Crippen LogP contribution in [0.3, 0.4) is 0 Å². The summed E-state index contributed by atoms with van der Waals surface area (Å²) >= 11 is 6.80. The Bertz CT molecular complexity index is 1580. The summed E-state index contributed by atoms with van der Waals surface area (Å²) in [6.07, 6.45) is 4.02. The van der Waals surface area contributed by atoms with Crippen LogP contribution in [0.4, 0.5) is 10.7 Å². The number of carbonyl (C=O) groups excluding carboxylic acids is 1. The number of pyridine rings is 1. The monoisotopic (exact) mass is 562 g/mol. The molecule has 1 saturated heterocycles. The zero-order valence-corrected chi connectivity index (χ0v) is 22.6. The van der Waals surface area contributed by atoms with Crippen LogP contribution >= 0.6 is 11.6 Å². The number of rotatable bonds is 8. The maximum Gasteiger partial charge on any atom is 0.405 e. The van der Waals surface area contributed by atoms with Crippen LogP contribution in [0.25, 0.3) is 33.4 Å². The summed E-state index contributed by atoms with van der Waals surface area (Å²) in [6, 6.07) is 7.50. The molecule has 12 nitrogen and oxygen atoms in total. The van der Waals surface area contributed by atoms with Crippen LogP contribution < -0.4 is 15.4 Å². The fraction of sp³-hybridized carbons (Fsp3) is 0.296. The number of nitrogens with zero attached hydrogens (tertiary/aromatic N) is 6. The van der Waals surface area contributed by atoms with Crippen LogP contribution in [-0.4, -0.2) is 79.2 Å². The van der Waals surface area contributed by atoms with E-state index in [0.717, 1.165) is 11.3 Å². The van der Waals surface area contributed by atoms with Crippen LogP contribution in [0.15, 0.2) is 42.9 Å². The third-order valence-electron chi connectivity index (χ3n) is 6.35. The Hall–Kier alpha value is -4.58. The van der Waals surface area contributed by atoms with E-state index in [0.29, 0.717) is 70.8 Å². The van der Waals surface area contributed by atoms with Crippen molar-refractivity contribution in [3.63, 3.8) is 0 Å². The van der Waals surface area contributed by atoms with Crippen molar-refractivity contribution in [1.82, 2.24) is 35.1 Å². The van der Waals surface area contributed by atoms with Crippen LogP contribution in [-0.2, 0) is 4.79 Å². The number of ether oxygens (including phenoxy) is 1.